The minimum Gasteiger partial charge on any atom is -0.374 e. The number of rotatable bonds is 16. The minimum absolute atomic E-state index is 0.288. The Hall–Kier alpha value is -4.14. The molecule has 1 aliphatic heterocycles. The summed E-state index contributed by atoms with van der Waals surface area (Å²) in [7, 11) is 0. The molecule has 0 amide bonds. The number of hydrogen-bond acceptors (Lipinski definition) is 6. The predicted molar refractivity (Wildman–Crippen MR) is 181 cm³/mol. The topological polar surface area (TPSA) is 55.4 Å². The van der Waals surface area contributed by atoms with Gasteiger partial charge in [0.2, 0.25) is 0 Å². The molecule has 1 aliphatic rings. The van der Waals surface area contributed by atoms with E-state index in [1.165, 1.54) is 0 Å². The molecule has 1 saturated heterocycles. The van der Waals surface area contributed by atoms with Crippen LogP contribution in [-0.4, -0.2) is 37.3 Å². The van der Waals surface area contributed by atoms with Crippen LogP contribution in [0.25, 0.3) is 0 Å². The van der Waals surface area contributed by atoms with Crippen LogP contribution < -0.4 is 0 Å². The van der Waals surface area contributed by atoms with Crippen molar-refractivity contribution in [2.24, 2.45) is 0 Å². The lowest BCUT2D eigenvalue weighted by molar-refractivity contribution is -0.330. The maximum Gasteiger partial charge on any atom is 0.187 e. The van der Waals surface area contributed by atoms with Gasteiger partial charge >= 0.3 is 0 Å². The second-order valence-electron chi connectivity index (χ2n) is 11.6. The van der Waals surface area contributed by atoms with E-state index in [-0.39, 0.29) is 6.61 Å². The fourth-order valence-corrected chi connectivity index (χ4v) is 5.63. The van der Waals surface area contributed by atoms with Crippen molar-refractivity contribution in [2.75, 3.05) is 6.61 Å². The first-order valence-corrected chi connectivity index (χ1v) is 16.2. The minimum atomic E-state index is -0.735. The lowest BCUT2D eigenvalue weighted by Gasteiger charge is -2.46. The fraction of sp³-hybridized carbons (Fsp3) is 0.268. The van der Waals surface area contributed by atoms with Gasteiger partial charge in [0.05, 0.1) is 39.6 Å². The second kappa shape index (κ2) is 17.7. The standard InChI is InChI=1S/C41H42O6/c1-6-16-32(17-7-1)26-42-31-37-38(43-27-33-18-8-2-9-19-33)39(44-28-34-20-10-3-11-21-34)40(45-29-35-22-12-4-13-23-35)41(47-37)46-30-36-24-14-5-15-25-36/h1-25,37-41H,26-31H2/t37-,38+,39+,40-,41?/m1/s1. The molecule has 5 aromatic rings. The zero-order valence-electron chi connectivity index (χ0n) is 26.5. The quantitative estimate of drug-likeness (QED) is 0.111. The first-order valence-electron chi connectivity index (χ1n) is 16.2. The van der Waals surface area contributed by atoms with Crippen LogP contribution in [0, 0.1) is 0 Å². The summed E-state index contributed by atoms with van der Waals surface area (Å²) in [6.45, 7) is 2.23. The molecule has 5 aromatic carbocycles. The molecule has 1 unspecified atom stereocenters. The Labute approximate surface area is 277 Å². The molecule has 5 atom stereocenters. The van der Waals surface area contributed by atoms with Crippen LogP contribution in [0.2, 0.25) is 0 Å². The van der Waals surface area contributed by atoms with Gasteiger partial charge in [0.1, 0.15) is 24.4 Å². The van der Waals surface area contributed by atoms with E-state index in [1.54, 1.807) is 0 Å². The van der Waals surface area contributed by atoms with E-state index in [9.17, 15) is 0 Å². The molecule has 0 N–H and O–H groups in total. The van der Waals surface area contributed by atoms with Crippen LogP contribution in [0.4, 0.5) is 0 Å². The van der Waals surface area contributed by atoms with Crippen LogP contribution in [0.5, 0.6) is 0 Å². The van der Waals surface area contributed by atoms with Crippen LogP contribution >= 0.6 is 0 Å². The van der Waals surface area contributed by atoms with Gasteiger partial charge in [0.15, 0.2) is 6.29 Å². The summed E-state index contributed by atoms with van der Waals surface area (Å²) in [5.41, 5.74) is 5.29. The van der Waals surface area contributed by atoms with Crippen molar-refractivity contribution in [3.05, 3.63) is 179 Å². The second-order valence-corrected chi connectivity index (χ2v) is 11.6. The molecule has 6 nitrogen and oxygen atoms in total. The summed E-state index contributed by atoms with van der Waals surface area (Å²) in [6.07, 6.45) is -2.84. The Balaban J connectivity index is 1.29. The molecule has 0 aromatic heterocycles. The molecule has 242 valence electrons. The van der Waals surface area contributed by atoms with E-state index < -0.39 is 30.7 Å². The number of ether oxygens (including phenoxy) is 6. The highest BCUT2D eigenvalue weighted by atomic mass is 16.7. The molecule has 0 radical (unpaired) electrons. The molecule has 0 saturated carbocycles. The first kappa shape index (κ1) is 32.8. The van der Waals surface area contributed by atoms with Gasteiger partial charge in [0.25, 0.3) is 0 Å². The van der Waals surface area contributed by atoms with Crippen molar-refractivity contribution < 1.29 is 28.4 Å². The van der Waals surface area contributed by atoms with Crippen LogP contribution in [0.1, 0.15) is 27.8 Å². The maximum absolute atomic E-state index is 6.78. The largest absolute Gasteiger partial charge is 0.374 e. The zero-order valence-corrected chi connectivity index (χ0v) is 26.5. The van der Waals surface area contributed by atoms with Crippen LogP contribution in [0.3, 0.4) is 0 Å². The molecule has 1 heterocycles. The summed E-state index contributed by atoms with van der Waals surface area (Å²) < 4.78 is 39.7. The highest BCUT2D eigenvalue weighted by Crippen LogP contribution is 2.32. The molecule has 6 rings (SSSR count). The number of benzene rings is 5. The fourth-order valence-electron chi connectivity index (χ4n) is 5.63. The highest BCUT2D eigenvalue weighted by molar-refractivity contribution is 5.17. The summed E-state index contributed by atoms with van der Waals surface area (Å²) in [6, 6.07) is 50.6. The van der Waals surface area contributed by atoms with E-state index in [0.717, 1.165) is 27.8 Å². The van der Waals surface area contributed by atoms with Gasteiger partial charge in [0, 0.05) is 0 Å². The van der Waals surface area contributed by atoms with Crippen LogP contribution in [-0.2, 0) is 61.5 Å². The van der Waals surface area contributed by atoms with E-state index in [4.69, 9.17) is 28.4 Å². The van der Waals surface area contributed by atoms with Crippen LogP contribution in [0.15, 0.2) is 152 Å². The normalized spacial score (nSPS) is 21.0. The van der Waals surface area contributed by atoms with Gasteiger partial charge in [-0.05, 0) is 27.8 Å². The highest BCUT2D eigenvalue weighted by Gasteiger charge is 2.49. The average Bonchev–Trinajstić information content (AvgIpc) is 3.14. The van der Waals surface area contributed by atoms with E-state index >= 15 is 0 Å². The lowest BCUT2D eigenvalue weighted by atomic mass is 9.97. The van der Waals surface area contributed by atoms with Gasteiger partial charge in [-0.25, -0.2) is 0 Å². The third kappa shape index (κ3) is 9.92. The van der Waals surface area contributed by atoms with Gasteiger partial charge in [-0.2, -0.15) is 0 Å². The summed E-state index contributed by atoms with van der Waals surface area (Å²) in [4.78, 5) is 0. The summed E-state index contributed by atoms with van der Waals surface area (Å²) >= 11 is 0. The summed E-state index contributed by atoms with van der Waals surface area (Å²) in [5, 5.41) is 0. The van der Waals surface area contributed by atoms with E-state index in [2.05, 4.69) is 36.4 Å². The maximum atomic E-state index is 6.78. The lowest BCUT2D eigenvalue weighted by Crippen LogP contribution is -2.61. The Bertz CT molecular complexity index is 1550. The molecule has 1 fully saturated rings. The number of hydrogen-bond donors (Lipinski definition) is 0. The smallest absolute Gasteiger partial charge is 0.187 e. The predicted octanol–water partition coefficient (Wildman–Crippen LogP) is 7.90. The van der Waals surface area contributed by atoms with Gasteiger partial charge < -0.3 is 28.4 Å². The Morgan fingerprint density at radius 3 is 1.13 bits per heavy atom. The molecular weight excluding hydrogens is 588 g/mol. The molecule has 47 heavy (non-hydrogen) atoms. The Kier molecular flexibility index (Phi) is 12.3. The third-order valence-electron chi connectivity index (χ3n) is 8.10. The van der Waals surface area contributed by atoms with E-state index in [0.29, 0.717) is 33.0 Å². The molecule has 0 bridgehead atoms. The average molecular weight is 631 g/mol. The van der Waals surface area contributed by atoms with Crippen molar-refractivity contribution in [2.45, 2.75) is 63.7 Å². The van der Waals surface area contributed by atoms with Crippen molar-refractivity contribution in [3.8, 4) is 0 Å². The van der Waals surface area contributed by atoms with Gasteiger partial charge in [-0.15, -0.1) is 0 Å². The first-order chi connectivity index (χ1) is 23.3. The third-order valence-corrected chi connectivity index (χ3v) is 8.10. The SMILES string of the molecule is c1ccc(COC[C@H]2OC(OCc3ccccc3)[C@H](OCc3ccccc3)[C@@H](OCc3ccccc3)[C@H]2OCc2ccccc2)cc1. The molecule has 6 heteroatoms. The zero-order chi connectivity index (χ0) is 31.9. The van der Waals surface area contributed by atoms with Gasteiger partial charge in [-0.1, -0.05) is 152 Å². The monoisotopic (exact) mass is 630 g/mol. The Morgan fingerprint density at radius 1 is 0.362 bits per heavy atom. The molecule has 0 aliphatic carbocycles. The van der Waals surface area contributed by atoms with Crippen molar-refractivity contribution in [1.29, 1.82) is 0 Å². The van der Waals surface area contributed by atoms with E-state index in [1.807, 2.05) is 115 Å². The molecular formula is C41H42O6. The Morgan fingerprint density at radius 2 is 0.702 bits per heavy atom. The van der Waals surface area contributed by atoms with Gasteiger partial charge in [-0.3, -0.25) is 0 Å². The summed E-state index contributed by atoms with van der Waals surface area (Å²) in [5.74, 6) is 0. The van der Waals surface area contributed by atoms with Crippen molar-refractivity contribution >= 4 is 0 Å². The molecule has 0 spiro atoms. The van der Waals surface area contributed by atoms with Crippen molar-refractivity contribution in [3.63, 3.8) is 0 Å². The van der Waals surface area contributed by atoms with Crippen molar-refractivity contribution in [1.82, 2.24) is 0 Å².